The summed E-state index contributed by atoms with van der Waals surface area (Å²) in [5.74, 6) is 0.0200. The molecule has 1 amide bonds. The van der Waals surface area contributed by atoms with Crippen LogP contribution in [0.25, 0.3) is 0 Å². The third kappa shape index (κ3) is 3.82. The highest BCUT2D eigenvalue weighted by atomic mass is 32.1. The lowest BCUT2D eigenvalue weighted by Crippen LogP contribution is -2.51. The predicted molar refractivity (Wildman–Crippen MR) is 77.7 cm³/mol. The molecule has 0 fully saturated rings. The number of carbonyl (C=O) groups excluding carboxylic acids is 1. The topological polar surface area (TPSA) is 46.3 Å². The fraction of sp³-hybridized carbons (Fsp3) is 0.643. The van der Waals surface area contributed by atoms with Crippen molar-refractivity contribution in [2.24, 2.45) is 11.1 Å². The normalized spacial score (nSPS) is 15.2. The average Bonchev–Trinajstić information content (AvgIpc) is 2.77. The summed E-state index contributed by atoms with van der Waals surface area (Å²) in [6.07, 6.45) is 0.886. The Kier molecular flexibility index (Phi) is 4.93. The maximum absolute atomic E-state index is 12.3. The van der Waals surface area contributed by atoms with Gasteiger partial charge in [-0.2, -0.15) is 0 Å². The van der Waals surface area contributed by atoms with Crippen molar-refractivity contribution in [3.05, 3.63) is 22.4 Å². The molecule has 0 aliphatic heterocycles. The van der Waals surface area contributed by atoms with Crippen molar-refractivity contribution in [1.82, 2.24) is 4.90 Å². The largest absolute Gasteiger partial charge is 0.341 e. The molecule has 0 aromatic carbocycles. The van der Waals surface area contributed by atoms with E-state index in [-0.39, 0.29) is 17.4 Å². The van der Waals surface area contributed by atoms with Crippen molar-refractivity contribution in [1.29, 1.82) is 0 Å². The van der Waals surface area contributed by atoms with Gasteiger partial charge in [-0.3, -0.25) is 4.79 Å². The molecule has 0 saturated carbocycles. The van der Waals surface area contributed by atoms with Gasteiger partial charge < -0.3 is 10.6 Å². The highest BCUT2D eigenvalue weighted by Gasteiger charge is 2.31. The third-order valence-electron chi connectivity index (χ3n) is 3.28. The molecule has 1 heterocycles. The molecule has 2 N–H and O–H groups in total. The van der Waals surface area contributed by atoms with Gasteiger partial charge in [0.05, 0.1) is 6.04 Å². The van der Waals surface area contributed by atoms with Crippen molar-refractivity contribution in [3.8, 4) is 0 Å². The molecule has 0 aliphatic carbocycles. The average molecular weight is 268 g/mol. The standard InChI is InChI=1S/C14H24N2OS/c1-10(9-11-7-6-8-18-11)16(5)13(17)12(15)14(2,3)4/h6-8,10,12H,9,15H2,1-5H3/t10?,12-/m1/s1. The van der Waals surface area contributed by atoms with Crippen LogP contribution in [0.15, 0.2) is 17.5 Å². The number of likely N-dealkylation sites (N-methyl/N-ethyl adjacent to an activating group) is 1. The Morgan fingerprint density at radius 2 is 2.11 bits per heavy atom. The first-order valence-corrected chi connectivity index (χ1v) is 7.16. The molecule has 3 nitrogen and oxygen atoms in total. The summed E-state index contributed by atoms with van der Waals surface area (Å²) < 4.78 is 0. The Bertz CT molecular complexity index is 381. The summed E-state index contributed by atoms with van der Waals surface area (Å²) in [5.41, 5.74) is 5.82. The Hall–Kier alpha value is -0.870. The molecule has 1 rings (SSSR count). The number of hydrogen-bond acceptors (Lipinski definition) is 3. The molecule has 0 saturated heterocycles. The number of carbonyl (C=O) groups is 1. The van der Waals surface area contributed by atoms with E-state index in [0.717, 1.165) is 6.42 Å². The second-order valence-electron chi connectivity index (χ2n) is 5.93. The van der Waals surface area contributed by atoms with Crippen LogP contribution in [0.3, 0.4) is 0 Å². The zero-order chi connectivity index (χ0) is 13.9. The van der Waals surface area contributed by atoms with Gasteiger partial charge in [0, 0.05) is 24.4 Å². The third-order valence-corrected chi connectivity index (χ3v) is 4.18. The van der Waals surface area contributed by atoms with Crippen LogP contribution in [-0.2, 0) is 11.2 Å². The van der Waals surface area contributed by atoms with Crippen LogP contribution in [0.4, 0.5) is 0 Å². The van der Waals surface area contributed by atoms with Crippen molar-refractivity contribution in [2.45, 2.75) is 46.2 Å². The highest BCUT2D eigenvalue weighted by Crippen LogP contribution is 2.20. The van der Waals surface area contributed by atoms with Gasteiger partial charge in [-0.1, -0.05) is 26.8 Å². The van der Waals surface area contributed by atoms with Gasteiger partial charge in [-0.25, -0.2) is 0 Å². The molecule has 4 heteroatoms. The van der Waals surface area contributed by atoms with E-state index in [9.17, 15) is 4.79 Å². The Labute approximate surface area is 114 Å². The molecule has 102 valence electrons. The number of nitrogens with two attached hydrogens (primary N) is 1. The molecule has 18 heavy (non-hydrogen) atoms. The summed E-state index contributed by atoms with van der Waals surface area (Å²) in [6, 6.07) is 3.86. The highest BCUT2D eigenvalue weighted by molar-refractivity contribution is 7.09. The van der Waals surface area contributed by atoms with Crippen LogP contribution >= 0.6 is 11.3 Å². The second kappa shape index (κ2) is 5.85. The van der Waals surface area contributed by atoms with E-state index in [2.05, 4.69) is 18.4 Å². The molecular weight excluding hydrogens is 244 g/mol. The lowest BCUT2D eigenvalue weighted by Gasteiger charge is -2.33. The minimum Gasteiger partial charge on any atom is -0.341 e. The number of thiophene rings is 1. The van der Waals surface area contributed by atoms with E-state index >= 15 is 0 Å². The van der Waals surface area contributed by atoms with Crippen LogP contribution in [0.1, 0.15) is 32.6 Å². The monoisotopic (exact) mass is 268 g/mol. The van der Waals surface area contributed by atoms with Crippen LogP contribution in [0, 0.1) is 5.41 Å². The van der Waals surface area contributed by atoms with Gasteiger partial charge in [0.2, 0.25) is 5.91 Å². The zero-order valence-corrected chi connectivity index (χ0v) is 12.8. The van der Waals surface area contributed by atoms with E-state index in [1.54, 1.807) is 16.2 Å². The molecule has 2 atom stereocenters. The predicted octanol–water partition coefficient (Wildman–Crippen LogP) is 2.51. The molecule has 1 aromatic rings. The Morgan fingerprint density at radius 3 is 2.56 bits per heavy atom. The molecule has 1 aromatic heterocycles. The maximum atomic E-state index is 12.3. The van der Waals surface area contributed by atoms with Crippen molar-refractivity contribution in [2.75, 3.05) is 7.05 Å². The van der Waals surface area contributed by atoms with Gasteiger partial charge in [0.15, 0.2) is 0 Å². The lowest BCUT2D eigenvalue weighted by molar-refractivity contribution is -0.135. The first-order valence-electron chi connectivity index (χ1n) is 6.28. The van der Waals surface area contributed by atoms with Crippen LogP contribution in [0.5, 0.6) is 0 Å². The quantitative estimate of drug-likeness (QED) is 0.912. The number of hydrogen-bond donors (Lipinski definition) is 1. The van der Waals surface area contributed by atoms with Crippen molar-refractivity contribution in [3.63, 3.8) is 0 Å². The summed E-state index contributed by atoms with van der Waals surface area (Å²) in [6.45, 7) is 8.04. The van der Waals surface area contributed by atoms with Crippen molar-refractivity contribution < 1.29 is 4.79 Å². The van der Waals surface area contributed by atoms with E-state index < -0.39 is 6.04 Å². The second-order valence-corrected chi connectivity index (χ2v) is 6.96. The van der Waals surface area contributed by atoms with E-state index in [4.69, 9.17) is 5.73 Å². The minimum absolute atomic E-state index is 0.0200. The fourth-order valence-corrected chi connectivity index (χ4v) is 2.49. The molecule has 0 radical (unpaired) electrons. The fourth-order valence-electron chi connectivity index (χ4n) is 1.66. The Morgan fingerprint density at radius 1 is 1.50 bits per heavy atom. The summed E-state index contributed by atoms with van der Waals surface area (Å²) in [5, 5.41) is 2.06. The van der Waals surface area contributed by atoms with Gasteiger partial charge >= 0.3 is 0 Å². The Balaban J connectivity index is 2.63. The van der Waals surface area contributed by atoms with E-state index in [1.807, 2.05) is 33.9 Å². The minimum atomic E-state index is -0.451. The number of amides is 1. The first-order chi connectivity index (χ1) is 8.23. The first kappa shape index (κ1) is 15.2. The van der Waals surface area contributed by atoms with Gasteiger partial charge in [0.25, 0.3) is 0 Å². The zero-order valence-electron chi connectivity index (χ0n) is 11.9. The molecule has 0 spiro atoms. The molecule has 0 aliphatic rings. The SMILES string of the molecule is CC(Cc1cccs1)N(C)C(=O)[C@@H](N)C(C)(C)C. The van der Waals surface area contributed by atoms with Gasteiger partial charge in [0.1, 0.15) is 0 Å². The maximum Gasteiger partial charge on any atom is 0.240 e. The molecular formula is C14H24N2OS. The molecule has 1 unspecified atom stereocenters. The smallest absolute Gasteiger partial charge is 0.240 e. The van der Waals surface area contributed by atoms with E-state index in [1.165, 1.54) is 4.88 Å². The summed E-state index contributed by atoms with van der Waals surface area (Å²) in [4.78, 5) is 15.3. The summed E-state index contributed by atoms with van der Waals surface area (Å²) >= 11 is 1.73. The summed E-state index contributed by atoms with van der Waals surface area (Å²) in [7, 11) is 1.84. The van der Waals surface area contributed by atoms with Crippen molar-refractivity contribution >= 4 is 17.2 Å². The van der Waals surface area contributed by atoms with Crippen LogP contribution in [0.2, 0.25) is 0 Å². The van der Waals surface area contributed by atoms with Gasteiger partial charge in [-0.05, 0) is 23.8 Å². The number of nitrogens with zero attached hydrogens (tertiary/aromatic N) is 1. The molecule has 0 bridgehead atoms. The van der Waals surface area contributed by atoms with Crippen LogP contribution < -0.4 is 5.73 Å². The number of rotatable bonds is 4. The van der Waals surface area contributed by atoms with Gasteiger partial charge in [-0.15, -0.1) is 11.3 Å². The van der Waals surface area contributed by atoms with E-state index in [0.29, 0.717) is 0 Å². The lowest BCUT2D eigenvalue weighted by atomic mass is 9.86. The van der Waals surface area contributed by atoms with Crippen LogP contribution in [-0.4, -0.2) is 29.9 Å².